The van der Waals surface area contributed by atoms with Crippen molar-refractivity contribution in [2.45, 2.75) is 30.7 Å². The second-order valence-corrected chi connectivity index (χ2v) is 9.51. The first kappa shape index (κ1) is 23.7. The van der Waals surface area contributed by atoms with E-state index in [-0.39, 0.29) is 18.1 Å². The Morgan fingerprint density at radius 3 is 2.29 bits per heavy atom. The van der Waals surface area contributed by atoms with Crippen LogP contribution in [0.2, 0.25) is 0 Å². The van der Waals surface area contributed by atoms with Crippen molar-refractivity contribution < 1.29 is 27.6 Å². The number of anilines is 1. The highest BCUT2D eigenvalue weighted by Gasteiger charge is 2.63. The van der Waals surface area contributed by atoms with Crippen molar-refractivity contribution in [2.75, 3.05) is 11.4 Å². The van der Waals surface area contributed by atoms with Crippen LogP contribution < -0.4 is 4.90 Å². The number of amides is 4. The van der Waals surface area contributed by atoms with Crippen molar-refractivity contribution >= 4 is 23.5 Å². The summed E-state index contributed by atoms with van der Waals surface area (Å²) in [5.74, 6) is -0.953. The maximum Gasteiger partial charge on any atom is 0.417 e. The lowest BCUT2D eigenvalue weighted by molar-refractivity contribution is -0.137. The molecular weight excluding hydrogens is 497 g/mol. The fourth-order valence-corrected chi connectivity index (χ4v) is 5.73. The number of hydrogen-bond acceptors (Lipinski definition) is 4. The molecule has 0 N–H and O–H groups in total. The average Bonchev–Trinajstić information content (AvgIpc) is 3.59. The van der Waals surface area contributed by atoms with Crippen LogP contribution >= 0.6 is 0 Å². The number of benzene rings is 3. The summed E-state index contributed by atoms with van der Waals surface area (Å²) in [5, 5.41) is 9.06. The number of halogens is 3. The Morgan fingerprint density at radius 2 is 1.63 bits per heavy atom. The lowest BCUT2D eigenvalue weighted by Gasteiger charge is -2.35. The highest BCUT2D eigenvalue weighted by Crippen LogP contribution is 2.44. The number of carbonyl (C=O) groups excluding carboxylic acids is 3. The van der Waals surface area contributed by atoms with Gasteiger partial charge in [0.2, 0.25) is 0 Å². The van der Waals surface area contributed by atoms with Gasteiger partial charge < -0.3 is 9.80 Å². The van der Waals surface area contributed by atoms with Crippen LogP contribution in [0.4, 0.5) is 23.7 Å². The minimum absolute atomic E-state index is 0.231. The molecule has 3 fully saturated rings. The molecule has 7 nitrogen and oxygen atoms in total. The van der Waals surface area contributed by atoms with Crippen molar-refractivity contribution in [3.05, 3.63) is 89.5 Å². The van der Waals surface area contributed by atoms with Crippen LogP contribution in [0.1, 0.15) is 27.9 Å². The third kappa shape index (κ3) is 3.54. The van der Waals surface area contributed by atoms with Gasteiger partial charge >= 0.3 is 12.2 Å². The molecule has 3 heterocycles. The number of nitriles is 1. The van der Waals surface area contributed by atoms with Gasteiger partial charge in [-0.1, -0.05) is 42.5 Å². The van der Waals surface area contributed by atoms with E-state index in [1.807, 2.05) is 42.5 Å². The Kier molecular flexibility index (Phi) is 5.28. The maximum atomic E-state index is 13.5. The third-order valence-corrected chi connectivity index (χ3v) is 7.45. The van der Waals surface area contributed by atoms with Gasteiger partial charge in [-0.3, -0.25) is 9.59 Å². The van der Waals surface area contributed by atoms with E-state index >= 15 is 0 Å². The SMILES string of the molecule is N#Cc1ccc(N2C(=O)[C@H]3[C@@H]4C[C@@H](CN4C(=O)c4ccc(-c5ccccc5)cc4)N3C2=O)cc1C(F)(F)F. The second-order valence-electron chi connectivity index (χ2n) is 9.51. The number of imide groups is 1. The summed E-state index contributed by atoms with van der Waals surface area (Å²) in [6.45, 7) is 0.231. The summed E-state index contributed by atoms with van der Waals surface area (Å²) in [7, 11) is 0. The fraction of sp³-hybridized carbons (Fsp3) is 0.214. The van der Waals surface area contributed by atoms with Crippen LogP contribution in [0.3, 0.4) is 0 Å². The number of urea groups is 1. The Hall–Kier alpha value is -4.65. The van der Waals surface area contributed by atoms with Crippen molar-refractivity contribution in [3.63, 3.8) is 0 Å². The molecule has 10 heteroatoms. The highest BCUT2D eigenvalue weighted by atomic mass is 19.4. The quantitative estimate of drug-likeness (QED) is 0.474. The van der Waals surface area contributed by atoms with Crippen LogP contribution in [0.5, 0.6) is 0 Å². The molecule has 3 aromatic rings. The lowest BCUT2D eigenvalue weighted by Crippen LogP contribution is -2.54. The van der Waals surface area contributed by atoms with Crippen LogP contribution in [0.15, 0.2) is 72.8 Å². The lowest BCUT2D eigenvalue weighted by atomic mass is 10.0. The van der Waals surface area contributed by atoms with Crippen molar-refractivity contribution in [3.8, 4) is 17.2 Å². The monoisotopic (exact) mass is 516 g/mol. The van der Waals surface area contributed by atoms with Gasteiger partial charge in [0.25, 0.3) is 11.8 Å². The number of rotatable bonds is 3. The Balaban J connectivity index is 1.26. The molecule has 0 aliphatic carbocycles. The minimum Gasteiger partial charge on any atom is -0.331 e. The molecule has 0 spiro atoms. The van der Waals surface area contributed by atoms with Crippen molar-refractivity contribution in [1.29, 1.82) is 5.26 Å². The van der Waals surface area contributed by atoms with Crippen LogP contribution in [0, 0.1) is 11.3 Å². The van der Waals surface area contributed by atoms with Gasteiger partial charge in [-0.05, 0) is 47.9 Å². The smallest absolute Gasteiger partial charge is 0.331 e. The molecule has 0 unspecified atom stereocenters. The zero-order valence-corrected chi connectivity index (χ0v) is 19.7. The summed E-state index contributed by atoms with van der Waals surface area (Å²) < 4.78 is 40.5. The molecule has 38 heavy (non-hydrogen) atoms. The summed E-state index contributed by atoms with van der Waals surface area (Å²) in [6, 6.07) is 18.4. The van der Waals surface area contributed by atoms with Gasteiger partial charge in [-0.15, -0.1) is 0 Å². The molecule has 3 aromatic carbocycles. The molecule has 4 amide bonds. The minimum atomic E-state index is -4.83. The summed E-state index contributed by atoms with van der Waals surface area (Å²) in [4.78, 5) is 43.7. The Labute approximate surface area is 215 Å². The van der Waals surface area contributed by atoms with Crippen molar-refractivity contribution in [2.24, 2.45) is 0 Å². The summed E-state index contributed by atoms with van der Waals surface area (Å²) in [5.41, 5.74) is 0.326. The van der Waals surface area contributed by atoms with E-state index in [0.717, 1.165) is 28.2 Å². The maximum absolute atomic E-state index is 13.5. The zero-order chi connectivity index (χ0) is 26.8. The highest BCUT2D eigenvalue weighted by molar-refractivity contribution is 6.22. The molecule has 0 aromatic heterocycles. The average molecular weight is 516 g/mol. The summed E-state index contributed by atoms with van der Waals surface area (Å²) >= 11 is 0. The van der Waals surface area contributed by atoms with Gasteiger partial charge in [0.15, 0.2) is 0 Å². The number of hydrogen-bond donors (Lipinski definition) is 0. The van der Waals surface area contributed by atoms with E-state index < -0.39 is 47.4 Å². The van der Waals surface area contributed by atoms with Gasteiger partial charge in [0, 0.05) is 12.1 Å². The molecule has 190 valence electrons. The fourth-order valence-electron chi connectivity index (χ4n) is 5.73. The molecule has 0 radical (unpaired) electrons. The Bertz CT molecular complexity index is 1520. The molecule has 2 bridgehead atoms. The standard InChI is InChI=1S/C28H19F3N4O3/c29-28(30,31)22-12-20(11-10-19(22)14-32)35-26(37)24-23-13-21(34(24)27(35)38)15-33(23)25(36)18-8-6-17(7-9-18)16-4-2-1-3-5-16/h1-12,21,23-24H,13,15H2/t21-,23-,24+/m0/s1. The number of fused-ring (bicyclic) bond motifs is 5. The zero-order valence-electron chi connectivity index (χ0n) is 19.7. The van der Waals surface area contributed by atoms with E-state index in [4.69, 9.17) is 5.26 Å². The predicted octanol–water partition coefficient (Wildman–Crippen LogP) is 4.68. The van der Waals surface area contributed by atoms with Crippen LogP contribution in [-0.4, -0.2) is 52.3 Å². The molecule has 3 atom stereocenters. The van der Waals surface area contributed by atoms with Gasteiger partial charge in [-0.2, -0.15) is 18.4 Å². The van der Waals surface area contributed by atoms with Crippen LogP contribution in [0.25, 0.3) is 11.1 Å². The Morgan fingerprint density at radius 1 is 0.947 bits per heavy atom. The summed E-state index contributed by atoms with van der Waals surface area (Å²) in [6.07, 6.45) is -4.41. The molecule has 3 saturated heterocycles. The first-order valence-electron chi connectivity index (χ1n) is 11.9. The first-order valence-corrected chi connectivity index (χ1v) is 11.9. The number of carbonyl (C=O) groups is 3. The molecule has 3 aliphatic rings. The van der Waals surface area contributed by atoms with Crippen molar-refractivity contribution in [1.82, 2.24) is 9.80 Å². The van der Waals surface area contributed by atoms with Crippen LogP contribution in [-0.2, 0) is 11.0 Å². The topological polar surface area (TPSA) is 84.7 Å². The molecule has 0 saturated carbocycles. The first-order chi connectivity index (χ1) is 18.2. The predicted molar refractivity (Wildman–Crippen MR) is 130 cm³/mol. The number of likely N-dealkylation sites (tertiary alicyclic amines) is 1. The van der Waals surface area contributed by atoms with E-state index in [1.54, 1.807) is 17.0 Å². The van der Waals surface area contributed by atoms with Gasteiger partial charge in [0.1, 0.15) is 6.04 Å². The third-order valence-electron chi connectivity index (χ3n) is 7.45. The number of nitrogens with zero attached hydrogens (tertiary/aromatic N) is 4. The largest absolute Gasteiger partial charge is 0.417 e. The normalized spacial score (nSPS) is 22.2. The van der Waals surface area contributed by atoms with E-state index in [0.29, 0.717) is 18.1 Å². The van der Waals surface area contributed by atoms with E-state index in [2.05, 4.69) is 0 Å². The van der Waals surface area contributed by atoms with E-state index in [9.17, 15) is 27.6 Å². The molecular formula is C28H19F3N4O3. The van der Waals surface area contributed by atoms with Gasteiger partial charge in [-0.25, -0.2) is 9.69 Å². The molecule has 3 aliphatic heterocycles. The molecule has 6 rings (SSSR count). The number of alkyl halides is 3. The van der Waals surface area contributed by atoms with E-state index in [1.165, 1.54) is 11.0 Å². The second kappa shape index (κ2) is 8.45. The van der Waals surface area contributed by atoms with Gasteiger partial charge in [0.05, 0.1) is 35.0 Å². The number of piperazine rings is 1.